The summed E-state index contributed by atoms with van der Waals surface area (Å²) in [6, 6.07) is 17.7. The first-order valence-corrected chi connectivity index (χ1v) is 7.53. The molecule has 0 amide bonds. The maximum absolute atomic E-state index is 11.1. The summed E-state index contributed by atoms with van der Waals surface area (Å²) in [5.41, 5.74) is 2.76. The van der Waals surface area contributed by atoms with Gasteiger partial charge in [0.2, 0.25) is 5.58 Å². The Morgan fingerprint density at radius 3 is 2.56 bits per heavy atom. The number of aromatic nitrogens is 2. The molecule has 0 aliphatic heterocycles. The summed E-state index contributed by atoms with van der Waals surface area (Å²) in [6.07, 6.45) is 2.59. The molecule has 0 saturated carbocycles. The highest BCUT2D eigenvalue weighted by atomic mass is 16.6. The van der Waals surface area contributed by atoms with Crippen LogP contribution in [0.15, 0.2) is 71.5 Å². The van der Waals surface area contributed by atoms with Crippen LogP contribution in [0.5, 0.6) is 0 Å². The molecule has 7 heteroatoms. The van der Waals surface area contributed by atoms with Gasteiger partial charge in [0.25, 0.3) is 0 Å². The van der Waals surface area contributed by atoms with Crippen molar-refractivity contribution in [3.63, 3.8) is 0 Å². The summed E-state index contributed by atoms with van der Waals surface area (Å²) >= 11 is 0. The molecule has 0 bridgehead atoms. The van der Waals surface area contributed by atoms with Gasteiger partial charge in [-0.15, -0.1) is 0 Å². The third-order valence-corrected chi connectivity index (χ3v) is 3.84. The largest absolute Gasteiger partial charge is 0.349 e. The van der Waals surface area contributed by atoms with Crippen LogP contribution in [0.4, 0.5) is 17.2 Å². The maximum Gasteiger partial charge on any atom is 0.333 e. The molecule has 0 unspecified atom stereocenters. The van der Waals surface area contributed by atoms with Crippen molar-refractivity contribution in [1.29, 1.82) is 0 Å². The third kappa shape index (κ3) is 2.67. The molecular formula is C18H12N4O3. The van der Waals surface area contributed by atoms with Gasteiger partial charge in [-0.1, -0.05) is 53.7 Å². The van der Waals surface area contributed by atoms with Crippen molar-refractivity contribution in [2.75, 3.05) is 5.32 Å². The summed E-state index contributed by atoms with van der Waals surface area (Å²) < 4.78 is 5.03. The Kier molecular flexibility index (Phi) is 3.59. The molecule has 122 valence electrons. The van der Waals surface area contributed by atoms with E-state index < -0.39 is 4.92 Å². The van der Waals surface area contributed by atoms with E-state index in [4.69, 9.17) is 4.52 Å². The second-order valence-corrected chi connectivity index (χ2v) is 5.35. The molecule has 0 aliphatic rings. The predicted octanol–water partition coefficient (Wildman–Crippen LogP) is 4.54. The van der Waals surface area contributed by atoms with Crippen molar-refractivity contribution in [2.45, 2.75) is 0 Å². The van der Waals surface area contributed by atoms with E-state index in [9.17, 15) is 10.1 Å². The molecule has 0 atom stereocenters. The van der Waals surface area contributed by atoms with Gasteiger partial charge < -0.3 is 9.84 Å². The topological polar surface area (TPSA) is 94.1 Å². The molecule has 4 rings (SSSR count). The van der Waals surface area contributed by atoms with Crippen LogP contribution >= 0.6 is 0 Å². The van der Waals surface area contributed by atoms with Crippen LogP contribution in [0.2, 0.25) is 0 Å². The van der Waals surface area contributed by atoms with E-state index in [0.717, 1.165) is 16.8 Å². The van der Waals surface area contributed by atoms with Crippen molar-refractivity contribution in [1.82, 2.24) is 10.1 Å². The zero-order chi connectivity index (χ0) is 17.2. The number of nitro groups is 1. The lowest BCUT2D eigenvalue weighted by Gasteiger charge is -2.12. The Morgan fingerprint density at radius 1 is 1.00 bits per heavy atom. The fraction of sp³-hybridized carbons (Fsp3) is 0. The number of para-hydroxylation sites is 1. The van der Waals surface area contributed by atoms with Gasteiger partial charge >= 0.3 is 5.69 Å². The molecule has 2 heterocycles. The molecule has 7 nitrogen and oxygen atoms in total. The standard InChI is InChI=1S/C18H12N4O3/c23-22(24)16-11-19-18(14-10-20-25-17(14)16)21-15-9-5-4-8-13(15)12-6-2-1-3-7-12/h1-11H,(H,19,21). The Bertz CT molecular complexity index is 1060. The van der Waals surface area contributed by atoms with Crippen molar-refractivity contribution >= 4 is 28.2 Å². The minimum absolute atomic E-state index is 0.0969. The number of rotatable bonds is 4. The van der Waals surface area contributed by atoms with Crippen molar-refractivity contribution < 1.29 is 9.45 Å². The number of hydrogen-bond donors (Lipinski definition) is 1. The molecule has 2 aromatic heterocycles. The molecule has 4 aromatic rings. The first-order chi connectivity index (χ1) is 12.2. The highest BCUT2D eigenvalue weighted by molar-refractivity contribution is 5.95. The number of nitrogens with zero attached hydrogens (tertiary/aromatic N) is 3. The van der Waals surface area contributed by atoms with E-state index in [1.807, 2.05) is 54.6 Å². The first kappa shape index (κ1) is 14.8. The van der Waals surface area contributed by atoms with Crippen LogP contribution in [0.3, 0.4) is 0 Å². The summed E-state index contributed by atoms with van der Waals surface area (Å²) in [7, 11) is 0. The van der Waals surface area contributed by atoms with Crippen molar-refractivity contribution in [3.8, 4) is 11.1 Å². The Labute approximate surface area is 142 Å². The van der Waals surface area contributed by atoms with Crippen LogP contribution < -0.4 is 5.32 Å². The highest BCUT2D eigenvalue weighted by Gasteiger charge is 2.20. The van der Waals surface area contributed by atoms with Gasteiger partial charge in [-0.2, -0.15) is 0 Å². The minimum Gasteiger partial charge on any atom is -0.349 e. The van der Waals surface area contributed by atoms with Crippen molar-refractivity contribution in [2.24, 2.45) is 0 Å². The zero-order valence-corrected chi connectivity index (χ0v) is 12.9. The molecule has 0 spiro atoms. The second-order valence-electron chi connectivity index (χ2n) is 5.35. The van der Waals surface area contributed by atoms with Crippen molar-refractivity contribution in [3.05, 3.63) is 77.1 Å². The van der Waals surface area contributed by atoms with E-state index in [1.165, 1.54) is 12.4 Å². The van der Waals surface area contributed by atoms with Gasteiger partial charge in [-0.3, -0.25) is 10.1 Å². The summed E-state index contributed by atoms with van der Waals surface area (Å²) in [5.74, 6) is 0.449. The Morgan fingerprint density at radius 2 is 1.76 bits per heavy atom. The first-order valence-electron chi connectivity index (χ1n) is 7.53. The average Bonchev–Trinajstić information content (AvgIpc) is 3.13. The maximum atomic E-state index is 11.1. The molecule has 25 heavy (non-hydrogen) atoms. The summed E-state index contributed by atoms with van der Waals surface area (Å²) in [5, 5.41) is 18.4. The third-order valence-electron chi connectivity index (χ3n) is 3.84. The quantitative estimate of drug-likeness (QED) is 0.435. The SMILES string of the molecule is O=[N+]([O-])c1cnc(Nc2ccccc2-c2ccccc2)c2cnoc12. The second kappa shape index (κ2) is 6.04. The van der Waals surface area contributed by atoms with Crippen LogP contribution in [-0.4, -0.2) is 15.1 Å². The van der Waals surface area contributed by atoms with E-state index in [-0.39, 0.29) is 11.3 Å². The van der Waals surface area contributed by atoms with Gasteiger partial charge in [0, 0.05) is 11.3 Å². The van der Waals surface area contributed by atoms with E-state index in [1.54, 1.807) is 0 Å². The number of pyridine rings is 1. The van der Waals surface area contributed by atoms with Crippen LogP contribution in [0.1, 0.15) is 0 Å². The molecule has 0 aliphatic carbocycles. The monoisotopic (exact) mass is 332 g/mol. The van der Waals surface area contributed by atoms with E-state index in [0.29, 0.717) is 11.2 Å². The Hall–Kier alpha value is -3.74. The lowest BCUT2D eigenvalue weighted by molar-refractivity contribution is -0.384. The normalized spacial score (nSPS) is 10.7. The number of anilines is 2. The van der Waals surface area contributed by atoms with Gasteiger partial charge in [-0.25, -0.2) is 4.98 Å². The van der Waals surface area contributed by atoms with Crippen LogP contribution in [0, 0.1) is 10.1 Å². The van der Waals surface area contributed by atoms with Crippen LogP contribution in [-0.2, 0) is 0 Å². The summed E-state index contributed by atoms with van der Waals surface area (Å²) in [6.45, 7) is 0. The predicted molar refractivity (Wildman–Crippen MR) is 93.6 cm³/mol. The van der Waals surface area contributed by atoms with Gasteiger partial charge in [0.05, 0.1) is 16.5 Å². The lowest BCUT2D eigenvalue weighted by atomic mass is 10.0. The molecule has 2 aromatic carbocycles. The van der Waals surface area contributed by atoms with E-state index in [2.05, 4.69) is 15.5 Å². The van der Waals surface area contributed by atoms with Gasteiger partial charge in [0.15, 0.2) is 0 Å². The fourth-order valence-electron chi connectivity index (χ4n) is 2.67. The highest BCUT2D eigenvalue weighted by Crippen LogP contribution is 2.34. The zero-order valence-electron chi connectivity index (χ0n) is 12.9. The molecule has 0 saturated heterocycles. The van der Waals surface area contributed by atoms with Gasteiger partial charge in [-0.05, 0) is 11.6 Å². The number of hydrogen-bond acceptors (Lipinski definition) is 6. The minimum atomic E-state index is -0.539. The fourth-order valence-corrected chi connectivity index (χ4v) is 2.67. The molecular weight excluding hydrogens is 320 g/mol. The van der Waals surface area contributed by atoms with Crippen LogP contribution in [0.25, 0.3) is 22.1 Å². The number of nitrogens with one attached hydrogen (secondary N) is 1. The average molecular weight is 332 g/mol. The smallest absolute Gasteiger partial charge is 0.333 e. The number of benzene rings is 2. The summed E-state index contributed by atoms with van der Waals surface area (Å²) in [4.78, 5) is 14.7. The molecule has 1 N–H and O–H groups in total. The number of fused-ring (bicyclic) bond motifs is 1. The molecule has 0 radical (unpaired) electrons. The van der Waals surface area contributed by atoms with E-state index >= 15 is 0 Å². The lowest BCUT2D eigenvalue weighted by Crippen LogP contribution is -1.98. The van der Waals surface area contributed by atoms with Gasteiger partial charge in [0.1, 0.15) is 12.0 Å². The molecule has 0 fully saturated rings. The Balaban J connectivity index is 1.80.